The molecule has 0 saturated carbocycles. The molecule has 1 unspecified atom stereocenters. The molecule has 8 nitrogen and oxygen atoms in total. The first-order valence-electron chi connectivity index (χ1n) is 12.6. The molecule has 5 rings (SSSR count). The summed E-state index contributed by atoms with van der Waals surface area (Å²) in [5.41, 5.74) is 2.53. The zero-order valence-electron chi connectivity index (χ0n) is 19.9. The summed E-state index contributed by atoms with van der Waals surface area (Å²) in [7, 11) is 0. The van der Waals surface area contributed by atoms with Crippen LogP contribution in [0.25, 0.3) is 0 Å². The molecule has 0 aliphatic carbocycles. The Morgan fingerprint density at radius 2 is 1.88 bits per heavy atom. The highest BCUT2D eigenvalue weighted by Gasteiger charge is 2.31. The number of aliphatic hydroxyl groups is 1. The predicted octanol–water partition coefficient (Wildman–Crippen LogP) is 2.51. The first kappa shape index (κ1) is 23.1. The largest absolute Gasteiger partial charge is 0.493 e. The lowest BCUT2D eigenvalue weighted by Crippen LogP contribution is -2.49. The van der Waals surface area contributed by atoms with Crippen molar-refractivity contribution in [2.45, 2.75) is 51.2 Å². The van der Waals surface area contributed by atoms with Gasteiger partial charge in [0.25, 0.3) is 5.91 Å². The van der Waals surface area contributed by atoms with Crippen molar-refractivity contribution in [1.82, 2.24) is 19.8 Å². The molecule has 1 aromatic heterocycles. The number of likely N-dealkylation sites (tertiary alicyclic amines) is 2. The van der Waals surface area contributed by atoms with Crippen molar-refractivity contribution >= 4 is 11.7 Å². The minimum absolute atomic E-state index is 0.00889. The summed E-state index contributed by atoms with van der Waals surface area (Å²) in [4.78, 5) is 26.5. The summed E-state index contributed by atoms with van der Waals surface area (Å²) < 4.78 is 5.90. The summed E-state index contributed by atoms with van der Waals surface area (Å²) in [6.45, 7) is 6.73. The van der Waals surface area contributed by atoms with Crippen LogP contribution >= 0.6 is 0 Å². The number of amides is 1. The molecule has 1 aromatic carbocycles. The van der Waals surface area contributed by atoms with Crippen LogP contribution in [0.5, 0.6) is 5.75 Å². The summed E-state index contributed by atoms with van der Waals surface area (Å²) in [5, 5.41) is 13.2. The Labute approximate surface area is 201 Å². The van der Waals surface area contributed by atoms with E-state index in [0.29, 0.717) is 24.3 Å². The normalized spacial score (nSPS) is 22.2. The van der Waals surface area contributed by atoms with Gasteiger partial charge in [0.15, 0.2) is 0 Å². The van der Waals surface area contributed by atoms with Gasteiger partial charge in [-0.3, -0.25) is 4.79 Å². The number of fused-ring (bicyclic) bond motifs is 1. The number of carbonyl (C=O) groups excluding carboxylic acids is 1. The fourth-order valence-corrected chi connectivity index (χ4v) is 5.44. The molecule has 2 N–H and O–H groups in total. The lowest BCUT2D eigenvalue weighted by atomic mass is 9.96. The highest BCUT2D eigenvalue weighted by molar-refractivity contribution is 5.94. The second-order valence-corrected chi connectivity index (χ2v) is 9.86. The van der Waals surface area contributed by atoms with E-state index in [4.69, 9.17) is 4.74 Å². The number of benzene rings is 1. The van der Waals surface area contributed by atoms with Gasteiger partial charge in [0, 0.05) is 50.2 Å². The van der Waals surface area contributed by atoms with Crippen LogP contribution in [0.3, 0.4) is 0 Å². The van der Waals surface area contributed by atoms with E-state index in [1.165, 1.54) is 11.9 Å². The van der Waals surface area contributed by atoms with Crippen molar-refractivity contribution < 1.29 is 14.6 Å². The van der Waals surface area contributed by atoms with Gasteiger partial charge in [-0.15, -0.1) is 0 Å². The van der Waals surface area contributed by atoms with Crippen LogP contribution in [-0.2, 0) is 6.42 Å². The fraction of sp³-hybridized carbons (Fsp3) is 0.577. The lowest BCUT2D eigenvalue weighted by Gasteiger charge is -2.41. The van der Waals surface area contributed by atoms with E-state index in [0.717, 1.165) is 82.0 Å². The quantitative estimate of drug-likeness (QED) is 0.701. The van der Waals surface area contributed by atoms with Gasteiger partial charge in [-0.05, 0) is 50.7 Å². The molecule has 2 fully saturated rings. The third-order valence-electron chi connectivity index (χ3n) is 7.57. The Morgan fingerprint density at radius 3 is 2.68 bits per heavy atom. The summed E-state index contributed by atoms with van der Waals surface area (Å²) in [6.07, 6.45) is 5.96. The molecular weight excluding hydrogens is 430 g/mol. The van der Waals surface area contributed by atoms with Crippen molar-refractivity contribution in [3.8, 4) is 5.75 Å². The zero-order chi connectivity index (χ0) is 23.5. The van der Waals surface area contributed by atoms with E-state index in [9.17, 15) is 9.90 Å². The highest BCUT2D eigenvalue weighted by atomic mass is 16.5. The number of para-hydroxylation sites is 1. The monoisotopic (exact) mass is 465 g/mol. The van der Waals surface area contributed by atoms with Crippen LogP contribution in [-0.4, -0.2) is 82.3 Å². The summed E-state index contributed by atoms with van der Waals surface area (Å²) in [6, 6.07) is 8.69. The molecule has 0 spiro atoms. The molecule has 2 aromatic rings. The number of hydrogen-bond acceptors (Lipinski definition) is 7. The Bertz CT molecular complexity index is 1000. The third-order valence-corrected chi connectivity index (χ3v) is 7.57. The average molecular weight is 466 g/mol. The molecule has 182 valence electrons. The van der Waals surface area contributed by atoms with Gasteiger partial charge in [0.05, 0.1) is 12.7 Å². The van der Waals surface area contributed by atoms with E-state index in [1.54, 1.807) is 0 Å². The maximum atomic E-state index is 13.3. The molecule has 4 heterocycles. The van der Waals surface area contributed by atoms with Gasteiger partial charge in [-0.2, -0.15) is 0 Å². The van der Waals surface area contributed by atoms with E-state index >= 15 is 0 Å². The lowest BCUT2D eigenvalue weighted by molar-refractivity contribution is 0.0355. The number of nitrogens with one attached hydrogen (secondary N) is 1. The van der Waals surface area contributed by atoms with Crippen LogP contribution in [0.4, 0.5) is 5.82 Å². The smallest absolute Gasteiger partial charge is 0.272 e. The summed E-state index contributed by atoms with van der Waals surface area (Å²) in [5.74, 6) is 2.04. The molecule has 8 heteroatoms. The fourth-order valence-electron chi connectivity index (χ4n) is 5.44. The van der Waals surface area contributed by atoms with Crippen molar-refractivity contribution in [3.63, 3.8) is 0 Å². The van der Waals surface area contributed by atoms with Gasteiger partial charge < -0.3 is 25.0 Å². The molecule has 2 saturated heterocycles. The number of carbonyl (C=O) groups is 1. The first-order chi connectivity index (χ1) is 16.6. The van der Waals surface area contributed by atoms with Crippen molar-refractivity contribution in [2.75, 3.05) is 44.6 Å². The van der Waals surface area contributed by atoms with E-state index < -0.39 is 0 Å². The number of nitrogens with zero attached hydrogens (tertiary/aromatic N) is 4. The number of rotatable bonds is 5. The second kappa shape index (κ2) is 10.3. The first-order valence-corrected chi connectivity index (χ1v) is 12.6. The average Bonchev–Trinajstić information content (AvgIpc) is 2.88. The highest BCUT2D eigenvalue weighted by Crippen LogP contribution is 2.27. The molecular formula is C26H35N5O3. The number of aliphatic hydroxyl groups excluding tert-OH is 1. The van der Waals surface area contributed by atoms with Crippen LogP contribution < -0.4 is 10.1 Å². The van der Waals surface area contributed by atoms with Crippen LogP contribution in [0, 0.1) is 12.8 Å². The van der Waals surface area contributed by atoms with E-state index in [2.05, 4.69) is 26.3 Å². The zero-order valence-corrected chi connectivity index (χ0v) is 19.9. The van der Waals surface area contributed by atoms with Crippen LogP contribution in [0.2, 0.25) is 0 Å². The summed E-state index contributed by atoms with van der Waals surface area (Å²) >= 11 is 0. The molecule has 0 bridgehead atoms. The number of ether oxygens (including phenoxy) is 1. The minimum atomic E-state index is -0.150. The van der Waals surface area contributed by atoms with E-state index in [-0.39, 0.29) is 12.0 Å². The Balaban J connectivity index is 1.16. The van der Waals surface area contributed by atoms with Crippen LogP contribution in [0.15, 0.2) is 30.6 Å². The molecule has 34 heavy (non-hydrogen) atoms. The number of hydrogen-bond donors (Lipinski definition) is 2. The van der Waals surface area contributed by atoms with Crippen molar-refractivity contribution in [2.24, 2.45) is 5.92 Å². The van der Waals surface area contributed by atoms with E-state index in [1.807, 2.05) is 30.0 Å². The topological polar surface area (TPSA) is 90.8 Å². The Kier molecular flexibility index (Phi) is 6.97. The predicted molar refractivity (Wildman–Crippen MR) is 130 cm³/mol. The maximum absolute atomic E-state index is 13.3. The van der Waals surface area contributed by atoms with Crippen LogP contribution in [0.1, 0.15) is 47.3 Å². The third kappa shape index (κ3) is 5.03. The Morgan fingerprint density at radius 1 is 1.12 bits per heavy atom. The van der Waals surface area contributed by atoms with Gasteiger partial charge >= 0.3 is 0 Å². The van der Waals surface area contributed by atoms with Gasteiger partial charge in [0.2, 0.25) is 0 Å². The number of anilines is 1. The number of aromatic nitrogens is 2. The molecule has 3 aliphatic heterocycles. The van der Waals surface area contributed by atoms with Crippen molar-refractivity contribution in [3.05, 3.63) is 47.4 Å². The number of piperidine rings is 2. The maximum Gasteiger partial charge on any atom is 0.272 e. The van der Waals surface area contributed by atoms with Gasteiger partial charge in [0.1, 0.15) is 23.6 Å². The van der Waals surface area contributed by atoms with Crippen molar-refractivity contribution in [1.29, 1.82) is 0 Å². The van der Waals surface area contributed by atoms with Gasteiger partial charge in [-0.25, -0.2) is 9.97 Å². The molecule has 1 amide bonds. The second-order valence-electron chi connectivity index (χ2n) is 9.86. The molecule has 3 aliphatic rings. The van der Waals surface area contributed by atoms with Gasteiger partial charge in [-0.1, -0.05) is 18.2 Å². The molecule has 0 radical (unpaired) electrons. The SMILES string of the molecule is Cc1c(NCC2COc3ccccc3C2)ncnc1C(=O)N1CCC(N2CCC(O)CC2)CC1. The molecule has 1 atom stereocenters. The minimum Gasteiger partial charge on any atom is -0.493 e. The standard InChI is InChI=1S/C26H35N5O3/c1-18-24(26(33)31-10-6-21(7-11-31)30-12-8-22(32)9-13-30)28-17-29-25(18)27-15-19-14-20-4-2-3-5-23(20)34-16-19/h2-5,17,19,21-22,32H,6-16H2,1H3,(H,27,28,29). The Hall–Kier alpha value is -2.71.